The Morgan fingerprint density at radius 1 is 0.818 bits per heavy atom. The largest absolute Gasteiger partial charge is 1.00 e. The van der Waals surface area contributed by atoms with Gasteiger partial charge in [0.15, 0.2) is 0 Å². The van der Waals surface area contributed by atoms with Crippen LogP contribution in [0.3, 0.4) is 0 Å². The van der Waals surface area contributed by atoms with Gasteiger partial charge in [0.2, 0.25) is 0 Å². The van der Waals surface area contributed by atoms with Crippen molar-refractivity contribution in [2.24, 2.45) is 0 Å². The monoisotopic (exact) mass is 166 g/mol. The standard InChI is InChI=1S/C9H19O.Na/c1-2-3-4-5-6-7-8-9-10;/h2-9H2,1H3;/q-1;+1. The molecule has 62 valence electrons. The van der Waals surface area contributed by atoms with Gasteiger partial charge in [-0.2, -0.15) is 0 Å². The first kappa shape index (κ1) is 14.5. The summed E-state index contributed by atoms with van der Waals surface area (Å²) in [4.78, 5) is 0. The topological polar surface area (TPSA) is 23.1 Å². The molecule has 1 nitrogen and oxygen atoms in total. The Labute approximate surface area is 92.9 Å². The van der Waals surface area contributed by atoms with Crippen molar-refractivity contribution in [3.8, 4) is 0 Å². The van der Waals surface area contributed by atoms with Crippen LogP contribution in [0.1, 0.15) is 51.9 Å². The fourth-order valence-corrected chi connectivity index (χ4v) is 1.06. The molecule has 0 aliphatic rings. The first-order chi connectivity index (χ1) is 4.91. The van der Waals surface area contributed by atoms with Crippen LogP contribution in [0.15, 0.2) is 0 Å². The van der Waals surface area contributed by atoms with Crippen molar-refractivity contribution in [1.82, 2.24) is 0 Å². The summed E-state index contributed by atoms with van der Waals surface area (Å²) in [5, 5.41) is 10.0. The van der Waals surface area contributed by atoms with Crippen LogP contribution in [0, 0.1) is 0 Å². The predicted molar refractivity (Wildman–Crippen MR) is 42.9 cm³/mol. The van der Waals surface area contributed by atoms with Crippen molar-refractivity contribution in [3.05, 3.63) is 0 Å². The van der Waals surface area contributed by atoms with E-state index < -0.39 is 0 Å². The molecule has 0 heterocycles. The Morgan fingerprint density at radius 3 is 1.73 bits per heavy atom. The van der Waals surface area contributed by atoms with Crippen molar-refractivity contribution in [2.75, 3.05) is 6.61 Å². The van der Waals surface area contributed by atoms with Gasteiger partial charge < -0.3 is 5.11 Å². The third-order valence-electron chi connectivity index (χ3n) is 1.75. The zero-order valence-corrected chi connectivity index (χ0v) is 10.1. The van der Waals surface area contributed by atoms with Crippen LogP contribution in [0.5, 0.6) is 0 Å². The molecule has 0 saturated carbocycles. The van der Waals surface area contributed by atoms with E-state index in [2.05, 4.69) is 6.92 Å². The molecule has 0 unspecified atom stereocenters. The normalized spacial score (nSPS) is 9.27. The Kier molecular flexibility index (Phi) is 17.8. The number of hydrogen-bond donors (Lipinski definition) is 0. The van der Waals surface area contributed by atoms with E-state index in [4.69, 9.17) is 0 Å². The average Bonchev–Trinajstić information content (AvgIpc) is 1.97. The molecule has 0 atom stereocenters. The van der Waals surface area contributed by atoms with Gasteiger partial charge in [-0.1, -0.05) is 51.9 Å². The summed E-state index contributed by atoms with van der Waals surface area (Å²) in [6, 6.07) is 0. The molecule has 0 spiro atoms. The van der Waals surface area contributed by atoms with Crippen LogP contribution in [0.4, 0.5) is 0 Å². The van der Waals surface area contributed by atoms with Crippen molar-refractivity contribution in [2.45, 2.75) is 51.9 Å². The first-order valence-electron chi connectivity index (χ1n) is 4.50. The van der Waals surface area contributed by atoms with Crippen LogP contribution in [0.2, 0.25) is 0 Å². The molecule has 0 amide bonds. The SMILES string of the molecule is CCCCCCCCC[O-].[Na+]. The summed E-state index contributed by atoms with van der Waals surface area (Å²) in [5.74, 6) is 0. The van der Waals surface area contributed by atoms with E-state index in [0.29, 0.717) is 0 Å². The van der Waals surface area contributed by atoms with Gasteiger partial charge in [-0.3, -0.25) is 0 Å². The van der Waals surface area contributed by atoms with E-state index in [1.165, 1.54) is 32.1 Å². The van der Waals surface area contributed by atoms with Gasteiger partial charge in [-0.05, 0) is 0 Å². The maximum atomic E-state index is 10.0. The van der Waals surface area contributed by atoms with Crippen molar-refractivity contribution >= 4 is 0 Å². The molecule has 0 fully saturated rings. The van der Waals surface area contributed by atoms with E-state index in [-0.39, 0.29) is 36.2 Å². The van der Waals surface area contributed by atoms with Gasteiger partial charge >= 0.3 is 29.6 Å². The van der Waals surface area contributed by atoms with E-state index in [0.717, 1.165) is 12.8 Å². The molecule has 0 saturated heterocycles. The van der Waals surface area contributed by atoms with Gasteiger partial charge in [-0.25, -0.2) is 0 Å². The average molecular weight is 166 g/mol. The second-order valence-electron chi connectivity index (χ2n) is 2.83. The van der Waals surface area contributed by atoms with Crippen molar-refractivity contribution in [3.63, 3.8) is 0 Å². The summed E-state index contributed by atoms with van der Waals surface area (Å²) in [7, 11) is 0. The molecule has 11 heavy (non-hydrogen) atoms. The molecule has 2 heteroatoms. The summed E-state index contributed by atoms with van der Waals surface area (Å²) in [6.45, 7) is 2.34. The van der Waals surface area contributed by atoms with Crippen molar-refractivity contribution < 1.29 is 34.7 Å². The molecular weight excluding hydrogens is 147 g/mol. The Bertz CT molecular complexity index is 49.5. The maximum Gasteiger partial charge on any atom is 1.00 e. The molecule has 0 radical (unpaired) electrons. The number of hydrogen-bond acceptors (Lipinski definition) is 1. The van der Waals surface area contributed by atoms with E-state index >= 15 is 0 Å². The molecule has 0 bridgehead atoms. The van der Waals surface area contributed by atoms with Gasteiger partial charge in [0, 0.05) is 0 Å². The first-order valence-corrected chi connectivity index (χ1v) is 4.50. The molecule has 0 aromatic rings. The van der Waals surface area contributed by atoms with E-state index in [1.807, 2.05) is 0 Å². The molecule has 0 aromatic carbocycles. The summed E-state index contributed by atoms with van der Waals surface area (Å²) < 4.78 is 0. The minimum Gasteiger partial charge on any atom is -0.854 e. The molecule has 0 aromatic heterocycles. The Morgan fingerprint density at radius 2 is 1.27 bits per heavy atom. The van der Waals surface area contributed by atoms with Crippen LogP contribution >= 0.6 is 0 Å². The molecule has 0 rings (SSSR count). The minimum absolute atomic E-state index is 0. The number of rotatable bonds is 7. The minimum atomic E-state index is 0. The second-order valence-corrected chi connectivity index (χ2v) is 2.83. The van der Waals surface area contributed by atoms with Crippen LogP contribution in [-0.2, 0) is 0 Å². The summed E-state index contributed by atoms with van der Waals surface area (Å²) in [5.41, 5.74) is 0. The third kappa shape index (κ3) is 13.9. The maximum absolute atomic E-state index is 10.0. The fraction of sp³-hybridized carbons (Fsp3) is 1.00. The number of unbranched alkanes of at least 4 members (excludes halogenated alkanes) is 6. The zero-order chi connectivity index (χ0) is 7.66. The molecule has 0 aliphatic carbocycles. The van der Waals surface area contributed by atoms with Crippen LogP contribution < -0.4 is 34.7 Å². The fourth-order valence-electron chi connectivity index (χ4n) is 1.06. The smallest absolute Gasteiger partial charge is 0.854 e. The van der Waals surface area contributed by atoms with Gasteiger partial charge in [0.25, 0.3) is 0 Å². The second kappa shape index (κ2) is 13.5. The Hall–Kier alpha value is 0.960. The van der Waals surface area contributed by atoms with Crippen LogP contribution in [-0.4, -0.2) is 6.61 Å². The summed E-state index contributed by atoms with van der Waals surface area (Å²) >= 11 is 0. The third-order valence-corrected chi connectivity index (χ3v) is 1.75. The molecule has 0 N–H and O–H groups in total. The van der Waals surface area contributed by atoms with Crippen LogP contribution in [0.25, 0.3) is 0 Å². The predicted octanol–water partition coefficient (Wildman–Crippen LogP) is -0.899. The van der Waals surface area contributed by atoms with Gasteiger partial charge in [0.1, 0.15) is 0 Å². The van der Waals surface area contributed by atoms with E-state index in [1.54, 1.807) is 0 Å². The van der Waals surface area contributed by atoms with E-state index in [9.17, 15) is 5.11 Å². The van der Waals surface area contributed by atoms with Gasteiger partial charge in [-0.15, -0.1) is 6.61 Å². The zero-order valence-electron chi connectivity index (χ0n) is 8.07. The van der Waals surface area contributed by atoms with Gasteiger partial charge in [0.05, 0.1) is 0 Å². The summed E-state index contributed by atoms with van der Waals surface area (Å²) in [6.07, 6.45) is 8.64. The molecular formula is C9H19NaO. The quantitative estimate of drug-likeness (QED) is 0.355. The Balaban J connectivity index is 0. The van der Waals surface area contributed by atoms with Crippen molar-refractivity contribution in [1.29, 1.82) is 0 Å². The molecule has 0 aliphatic heterocycles.